The summed E-state index contributed by atoms with van der Waals surface area (Å²) in [6.45, 7) is 3.20. The van der Waals surface area contributed by atoms with Crippen LogP contribution in [0.5, 0.6) is 0 Å². The number of aromatic nitrogens is 1. The Labute approximate surface area is 117 Å². The van der Waals surface area contributed by atoms with E-state index in [1.165, 1.54) is 12.8 Å². The van der Waals surface area contributed by atoms with Crippen LogP contribution in [0.4, 0.5) is 0 Å². The highest BCUT2D eigenvalue weighted by Gasteiger charge is 2.33. The first-order chi connectivity index (χ1) is 8.63. The van der Waals surface area contributed by atoms with Gasteiger partial charge in [0.05, 0.1) is 12.3 Å². The van der Waals surface area contributed by atoms with E-state index in [2.05, 4.69) is 33.2 Å². The van der Waals surface area contributed by atoms with E-state index in [1.807, 2.05) is 18.2 Å². The second kappa shape index (κ2) is 6.13. The lowest BCUT2D eigenvalue weighted by molar-refractivity contribution is 0.0979. The molecule has 1 saturated carbocycles. The van der Waals surface area contributed by atoms with Crippen molar-refractivity contribution in [1.82, 2.24) is 10.3 Å². The zero-order chi connectivity index (χ0) is 13.0. The molecule has 2 rings (SSSR count). The van der Waals surface area contributed by atoms with E-state index >= 15 is 0 Å². The summed E-state index contributed by atoms with van der Waals surface area (Å²) in [4.78, 5) is 4.41. The van der Waals surface area contributed by atoms with Gasteiger partial charge in [-0.05, 0) is 46.8 Å². The number of aliphatic hydroxyl groups is 1. The van der Waals surface area contributed by atoms with E-state index in [-0.39, 0.29) is 12.1 Å². The Morgan fingerprint density at radius 1 is 1.56 bits per heavy atom. The van der Waals surface area contributed by atoms with Crippen molar-refractivity contribution in [1.29, 1.82) is 0 Å². The SMILES string of the molecule is CC1CCCC(CO)(NCc2cccc(Br)n2)C1. The second-order valence-corrected chi connectivity index (χ2v) is 6.26. The molecule has 1 aromatic rings. The Balaban J connectivity index is 1.98. The van der Waals surface area contributed by atoms with Crippen molar-refractivity contribution in [2.45, 2.75) is 44.7 Å². The minimum atomic E-state index is -0.109. The normalized spacial score (nSPS) is 28.3. The summed E-state index contributed by atoms with van der Waals surface area (Å²) in [5.74, 6) is 0.689. The molecule has 18 heavy (non-hydrogen) atoms. The van der Waals surface area contributed by atoms with Gasteiger partial charge in [-0.25, -0.2) is 4.98 Å². The summed E-state index contributed by atoms with van der Waals surface area (Å²) in [7, 11) is 0. The topological polar surface area (TPSA) is 45.1 Å². The molecule has 0 bridgehead atoms. The molecule has 0 aliphatic heterocycles. The van der Waals surface area contributed by atoms with Crippen molar-refractivity contribution in [2.24, 2.45) is 5.92 Å². The van der Waals surface area contributed by atoms with Gasteiger partial charge >= 0.3 is 0 Å². The molecular weight excluding hydrogens is 292 g/mol. The average Bonchev–Trinajstić information content (AvgIpc) is 2.37. The number of hydrogen-bond acceptors (Lipinski definition) is 3. The fraction of sp³-hybridized carbons (Fsp3) is 0.643. The molecule has 2 atom stereocenters. The van der Waals surface area contributed by atoms with Crippen LogP contribution in [0, 0.1) is 5.92 Å². The van der Waals surface area contributed by atoms with E-state index < -0.39 is 0 Å². The average molecular weight is 313 g/mol. The highest BCUT2D eigenvalue weighted by molar-refractivity contribution is 9.10. The van der Waals surface area contributed by atoms with Gasteiger partial charge in [-0.3, -0.25) is 0 Å². The Hall–Kier alpha value is -0.450. The Morgan fingerprint density at radius 3 is 3.06 bits per heavy atom. The van der Waals surface area contributed by atoms with Crippen molar-refractivity contribution in [3.63, 3.8) is 0 Å². The molecular formula is C14H21BrN2O. The molecule has 0 saturated heterocycles. The Bertz CT molecular complexity index is 399. The van der Waals surface area contributed by atoms with E-state index in [9.17, 15) is 5.11 Å². The lowest BCUT2D eigenvalue weighted by Crippen LogP contribution is -2.51. The molecule has 0 amide bonds. The Morgan fingerprint density at radius 2 is 2.39 bits per heavy atom. The van der Waals surface area contributed by atoms with Gasteiger partial charge in [0.1, 0.15) is 4.60 Å². The summed E-state index contributed by atoms with van der Waals surface area (Å²) < 4.78 is 0.858. The van der Waals surface area contributed by atoms with Crippen molar-refractivity contribution in [2.75, 3.05) is 6.61 Å². The second-order valence-electron chi connectivity index (χ2n) is 5.45. The minimum absolute atomic E-state index is 0.109. The lowest BCUT2D eigenvalue weighted by atomic mass is 9.77. The van der Waals surface area contributed by atoms with Crippen LogP contribution in [-0.2, 0) is 6.54 Å². The fourth-order valence-corrected chi connectivity index (χ4v) is 3.23. The molecule has 0 aromatic carbocycles. The molecule has 100 valence electrons. The van der Waals surface area contributed by atoms with Crippen LogP contribution < -0.4 is 5.32 Å². The molecule has 2 unspecified atom stereocenters. The van der Waals surface area contributed by atoms with Gasteiger partial charge in [-0.15, -0.1) is 0 Å². The summed E-state index contributed by atoms with van der Waals surface area (Å²) >= 11 is 3.38. The third kappa shape index (κ3) is 3.53. The maximum Gasteiger partial charge on any atom is 0.106 e. The monoisotopic (exact) mass is 312 g/mol. The standard InChI is InChI=1S/C14H21BrN2O/c1-11-4-3-7-14(8-11,10-18)16-9-12-5-2-6-13(15)17-12/h2,5-6,11,16,18H,3-4,7-10H2,1H3. The summed E-state index contributed by atoms with van der Waals surface area (Å²) in [6, 6.07) is 5.92. The van der Waals surface area contributed by atoms with Crippen LogP contribution in [-0.4, -0.2) is 22.2 Å². The molecule has 2 N–H and O–H groups in total. The molecule has 1 aromatic heterocycles. The zero-order valence-corrected chi connectivity index (χ0v) is 12.4. The molecule has 0 radical (unpaired) electrons. The first-order valence-electron chi connectivity index (χ1n) is 6.61. The van der Waals surface area contributed by atoms with Crippen LogP contribution in [0.1, 0.15) is 38.3 Å². The van der Waals surface area contributed by atoms with E-state index in [0.717, 1.165) is 23.1 Å². The van der Waals surface area contributed by atoms with Gasteiger partial charge in [0, 0.05) is 12.1 Å². The predicted molar refractivity (Wildman–Crippen MR) is 76.2 cm³/mol. The lowest BCUT2D eigenvalue weighted by Gasteiger charge is -2.39. The fourth-order valence-electron chi connectivity index (χ4n) is 2.85. The summed E-state index contributed by atoms with van der Waals surface area (Å²) in [5.41, 5.74) is 0.900. The van der Waals surface area contributed by atoms with Gasteiger partial charge < -0.3 is 10.4 Å². The maximum absolute atomic E-state index is 9.70. The van der Waals surface area contributed by atoms with Crippen molar-refractivity contribution >= 4 is 15.9 Å². The van der Waals surface area contributed by atoms with Crippen LogP contribution in [0.3, 0.4) is 0 Å². The summed E-state index contributed by atoms with van der Waals surface area (Å²) in [6.07, 6.45) is 4.58. The van der Waals surface area contributed by atoms with Gasteiger partial charge in [-0.2, -0.15) is 0 Å². The largest absolute Gasteiger partial charge is 0.394 e. The minimum Gasteiger partial charge on any atom is -0.394 e. The molecule has 3 nitrogen and oxygen atoms in total. The van der Waals surface area contributed by atoms with Crippen molar-refractivity contribution in [3.8, 4) is 0 Å². The van der Waals surface area contributed by atoms with Gasteiger partial charge in [0.15, 0.2) is 0 Å². The van der Waals surface area contributed by atoms with Crippen molar-refractivity contribution < 1.29 is 5.11 Å². The highest BCUT2D eigenvalue weighted by atomic mass is 79.9. The van der Waals surface area contributed by atoms with Gasteiger partial charge in [0.2, 0.25) is 0 Å². The van der Waals surface area contributed by atoms with Crippen LogP contribution in [0.15, 0.2) is 22.8 Å². The van der Waals surface area contributed by atoms with E-state index in [4.69, 9.17) is 0 Å². The smallest absolute Gasteiger partial charge is 0.106 e. The highest BCUT2D eigenvalue weighted by Crippen LogP contribution is 2.32. The molecule has 1 heterocycles. The number of aliphatic hydroxyl groups excluding tert-OH is 1. The number of pyridine rings is 1. The van der Waals surface area contributed by atoms with Crippen LogP contribution in [0.25, 0.3) is 0 Å². The van der Waals surface area contributed by atoms with Crippen molar-refractivity contribution in [3.05, 3.63) is 28.5 Å². The number of hydrogen-bond donors (Lipinski definition) is 2. The van der Waals surface area contributed by atoms with Crippen LogP contribution in [0.2, 0.25) is 0 Å². The third-order valence-corrected chi connectivity index (χ3v) is 4.25. The molecule has 4 heteroatoms. The summed E-state index contributed by atoms with van der Waals surface area (Å²) in [5, 5.41) is 13.2. The van der Waals surface area contributed by atoms with E-state index in [0.29, 0.717) is 12.5 Å². The first kappa shape index (κ1) is 14.0. The predicted octanol–water partition coefficient (Wildman–Crippen LogP) is 2.87. The number of rotatable bonds is 4. The Kier molecular flexibility index (Phi) is 4.76. The molecule has 1 aliphatic rings. The van der Waals surface area contributed by atoms with E-state index in [1.54, 1.807) is 0 Å². The van der Waals surface area contributed by atoms with Crippen LogP contribution >= 0.6 is 15.9 Å². The molecule has 1 aliphatic carbocycles. The number of nitrogens with zero attached hydrogens (tertiary/aromatic N) is 1. The molecule has 0 spiro atoms. The number of halogens is 1. The quantitative estimate of drug-likeness (QED) is 0.840. The van der Waals surface area contributed by atoms with Gasteiger partial charge in [-0.1, -0.05) is 25.8 Å². The third-order valence-electron chi connectivity index (χ3n) is 3.81. The first-order valence-corrected chi connectivity index (χ1v) is 7.40. The molecule has 1 fully saturated rings. The number of nitrogens with one attached hydrogen (secondary N) is 1. The van der Waals surface area contributed by atoms with Gasteiger partial charge in [0.25, 0.3) is 0 Å². The maximum atomic E-state index is 9.70. The zero-order valence-electron chi connectivity index (χ0n) is 10.8.